The van der Waals surface area contributed by atoms with Gasteiger partial charge in [-0.05, 0) is 62.2 Å². The molecule has 0 unspecified atom stereocenters. The number of benzene rings is 1. The molecule has 0 aliphatic heterocycles. The first kappa shape index (κ1) is 23.5. The third-order valence-electron chi connectivity index (χ3n) is 5.75. The Kier molecular flexibility index (Phi) is 5.91. The lowest BCUT2D eigenvalue weighted by molar-refractivity contribution is -0.142. The van der Waals surface area contributed by atoms with Gasteiger partial charge in [0, 0.05) is 17.4 Å². The number of fused-ring (bicyclic) bond motifs is 1. The molecule has 0 aliphatic carbocycles. The molecule has 1 aromatic carbocycles. The van der Waals surface area contributed by atoms with E-state index in [4.69, 9.17) is 4.98 Å². The SMILES string of the molecule is CCc1ccc(-n2cnc3cc(Nc4ccc(C)nn4)ccc32)nc1-c1cn(CC(F)(F)F)nc1C. The van der Waals surface area contributed by atoms with Crippen molar-refractivity contribution < 1.29 is 13.2 Å². The number of hydrogen-bond donors (Lipinski definition) is 1. The molecule has 0 spiro atoms. The van der Waals surface area contributed by atoms with Gasteiger partial charge < -0.3 is 5.32 Å². The van der Waals surface area contributed by atoms with Crippen molar-refractivity contribution in [3.05, 3.63) is 71.9 Å². The van der Waals surface area contributed by atoms with E-state index in [0.717, 1.165) is 32.7 Å². The van der Waals surface area contributed by atoms with E-state index in [-0.39, 0.29) is 0 Å². The quantitative estimate of drug-likeness (QED) is 0.334. The van der Waals surface area contributed by atoms with E-state index in [1.54, 1.807) is 13.3 Å². The van der Waals surface area contributed by atoms with Gasteiger partial charge in [-0.1, -0.05) is 13.0 Å². The third kappa shape index (κ3) is 4.77. The van der Waals surface area contributed by atoms with Crippen LogP contribution >= 0.6 is 0 Å². The standard InChI is InChI=1S/C25H23F3N8/c1-4-17-6-10-23(31-24(17)19-12-35(34-16(19)3)13-25(26,27)28)36-14-29-20-11-18(7-8-21(20)36)30-22-9-5-15(2)32-33-22/h5-12,14H,4,13H2,1-3H3,(H,30,33). The monoisotopic (exact) mass is 492 g/mol. The summed E-state index contributed by atoms with van der Waals surface area (Å²) in [5.74, 6) is 1.24. The van der Waals surface area contributed by atoms with Crippen LogP contribution in [0.15, 0.2) is 55.0 Å². The number of aromatic nitrogens is 7. The predicted octanol–water partition coefficient (Wildman–Crippen LogP) is 5.56. The molecular formula is C25H23F3N8. The topological polar surface area (TPSA) is 86.3 Å². The summed E-state index contributed by atoms with van der Waals surface area (Å²) in [5, 5.41) is 15.4. The van der Waals surface area contributed by atoms with Gasteiger partial charge >= 0.3 is 6.18 Å². The van der Waals surface area contributed by atoms with Crippen LogP contribution in [-0.2, 0) is 13.0 Å². The molecule has 0 amide bonds. The molecule has 0 radical (unpaired) electrons. The summed E-state index contributed by atoms with van der Waals surface area (Å²) < 4.78 is 41.5. The Morgan fingerprint density at radius 3 is 2.56 bits per heavy atom. The van der Waals surface area contributed by atoms with Gasteiger partial charge in [-0.3, -0.25) is 9.25 Å². The Balaban J connectivity index is 1.50. The zero-order chi connectivity index (χ0) is 25.4. The summed E-state index contributed by atoms with van der Waals surface area (Å²) in [6.07, 6.45) is -0.591. The maximum Gasteiger partial charge on any atom is 0.408 e. The number of alkyl halides is 3. The number of nitrogens with zero attached hydrogens (tertiary/aromatic N) is 7. The molecule has 0 fully saturated rings. The molecule has 4 aromatic heterocycles. The summed E-state index contributed by atoms with van der Waals surface area (Å²) in [4.78, 5) is 9.35. The number of hydrogen-bond acceptors (Lipinski definition) is 6. The summed E-state index contributed by atoms with van der Waals surface area (Å²) in [6, 6.07) is 13.3. The van der Waals surface area contributed by atoms with Crippen molar-refractivity contribution in [1.82, 2.24) is 34.5 Å². The highest BCUT2D eigenvalue weighted by atomic mass is 19.4. The molecular weight excluding hydrogens is 469 g/mol. The zero-order valence-corrected chi connectivity index (χ0v) is 19.9. The second-order valence-electron chi connectivity index (χ2n) is 8.47. The highest BCUT2D eigenvalue weighted by molar-refractivity contribution is 5.82. The van der Waals surface area contributed by atoms with Crippen molar-refractivity contribution in [2.75, 3.05) is 5.32 Å². The Morgan fingerprint density at radius 1 is 1.00 bits per heavy atom. The first-order valence-electron chi connectivity index (χ1n) is 11.4. The Bertz CT molecular complexity index is 1530. The van der Waals surface area contributed by atoms with Crippen molar-refractivity contribution in [3.63, 3.8) is 0 Å². The normalized spacial score (nSPS) is 11.8. The fraction of sp³-hybridized carbons (Fsp3) is 0.240. The number of aryl methyl sites for hydroxylation is 3. The Morgan fingerprint density at radius 2 is 1.83 bits per heavy atom. The number of anilines is 2. The smallest absolute Gasteiger partial charge is 0.339 e. The zero-order valence-electron chi connectivity index (χ0n) is 19.9. The summed E-state index contributed by atoms with van der Waals surface area (Å²) in [7, 11) is 0. The molecule has 0 aliphatic rings. The van der Waals surface area contributed by atoms with Gasteiger partial charge in [-0.2, -0.15) is 23.4 Å². The number of halogens is 3. The predicted molar refractivity (Wildman–Crippen MR) is 130 cm³/mol. The van der Waals surface area contributed by atoms with Crippen LogP contribution in [0.3, 0.4) is 0 Å². The molecule has 36 heavy (non-hydrogen) atoms. The lowest BCUT2D eigenvalue weighted by Gasteiger charge is -2.11. The van der Waals surface area contributed by atoms with E-state index in [1.807, 2.05) is 60.9 Å². The van der Waals surface area contributed by atoms with Crippen LogP contribution in [0.5, 0.6) is 0 Å². The molecule has 0 bridgehead atoms. The van der Waals surface area contributed by atoms with E-state index < -0.39 is 12.7 Å². The Labute approximate surface area is 204 Å². The van der Waals surface area contributed by atoms with Crippen LogP contribution in [0.4, 0.5) is 24.7 Å². The van der Waals surface area contributed by atoms with Gasteiger partial charge in [0.15, 0.2) is 5.82 Å². The number of nitrogens with one attached hydrogen (secondary N) is 1. The van der Waals surface area contributed by atoms with Crippen molar-refractivity contribution in [2.45, 2.75) is 39.9 Å². The van der Waals surface area contributed by atoms with E-state index in [1.165, 1.54) is 6.20 Å². The number of pyridine rings is 1. The first-order chi connectivity index (χ1) is 17.2. The summed E-state index contributed by atoms with van der Waals surface area (Å²) >= 11 is 0. The third-order valence-corrected chi connectivity index (χ3v) is 5.75. The van der Waals surface area contributed by atoms with E-state index >= 15 is 0 Å². The second kappa shape index (κ2) is 9.06. The maximum absolute atomic E-state index is 12.9. The average Bonchev–Trinajstić information content (AvgIpc) is 3.41. The largest absolute Gasteiger partial charge is 0.408 e. The van der Waals surface area contributed by atoms with Crippen molar-refractivity contribution in [1.29, 1.82) is 0 Å². The average molecular weight is 493 g/mol. The first-order valence-corrected chi connectivity index (χ1v) is 11.4. The van der Waals surface area contributed by atoms with Crippen molar-refractivity contribution >= 4 is 22.5 Å². The number of imidazole rings is 1. The number of rotatable bonds is 6. The highest BCUT2D eigenvalue weighted by Crippen LogP contribution is 2.29. The lowest BCUT2D eigenvalue weighted by Crippen LogP contribution is -2.17. The summed E-state index contributed by atoms with van der Waals surface area (Å²) in [5.41, 5.74) is 5.83. The van der Waals surface area contributed by atoms with Crippen molar-refractivity contribution in [2.24, 2.45) is 0 Å². The van der Waals surface area contributed by atoms with Gasteiger partial charge in [0.05, 0.1) is 28.1 Å². The molecule has 11 heteroatoms. The maximum atomic E-state index is 12.9. The Hall–Kier alpha value is -4.28. The molecule has 0 atom stereocenters. The molecule has 5 rings (SSSR count). The molecule has 0 saturated carbocycles. The van der Waals surface area contributed by atoms with Gasteiger partial charge in [0.25, 0.3) is 0 Å². The molecule has 8 nitrogen and oxygen atoms in total. The fourth-order valence-electron chi connectivity index (χ4n) is 4.03. The van der Waals surface area contributed by atoms with Gasteiger partial charge in [0.1, 0.15) is 18.7 Å². The molecule has 5 aromatic rings. The lowest BCUT2D eigenvalue weighted by atomic mass is 10.0. The molecule has 184 valence electrons. The van der Waals surface area contributed by atoms with Crippen LogP contribution in [-0.4, -0.2) is 40.7 Å². The summed E-state index contributed by atoms with van der Waals surface area (Å²) in [6.45, 7) is 4.40. The van der Waals surface area contributed by atoms with Crippen LogP contribution in [0.2, 0.25) is 0 Å². The van der Waals surface area contributed by atoms with Crippen molar-refractivity contribution in [3.8, 4) is 17.1 Å². The second-order valence-corrected chi connectivity index (χ2v) is 8.47. The van der Waals surface area contributed by atoms with Gasteiger partial charge in [-0.15, -0.1) is 5.10 Å². The van der Waals surface area contributed by atoms with Crippen LogP contribution in [0.25, 0.3) is 28.1 Å². The van der Waals surface area contributed by atoms with Gasteiger partial charge in [0.2, 0.25) is 0 Å². The highest BCUT2D eigenvalue weighted by Gasteiger charge is 2.29. The van der Waals surface area contributed by atoms with Crippen LogP contribution in [0.1, 0.15) is 23.9 Å². The minimum Gasteiger partial charge on any atom is -0.339 e. The van der Waals surface area contributed by atoms with E-state index in [2.05, 4.69) is 25.6 Å². The molecule has 1 N–H and O–H groups in total. The molecule has 4 heterocycles. The van der Waals surface area contributed by atoms with E-state index in [0.29, 0.717) is 35.0 Å². The van der Waals surface area contributed by atoms with Gasteiger partial charge in [-0.25, -0.2) is 9.97 Å². The minimum atomic E-state index is -4.35. The van der Waals surface area contributed by atoms with Crippen LogP contribution < -0.4 is 5.32 Å². The van der Waals surface area contributed by atoms with Crippen LogP contribution in [0, 0.1) is 13.8 Å². The van der Waals surface area contributed by atoms with E-state index in [9.17, 15) is 13.2 Å². The minimum absolute atomic E-state index is 0.490. The molecule has 0 saturated heterocycles. The fourth-order valence-corrected chi connectivity index (χ4v) is 4.03.